The maximum atomic E-state index is 6.25. The van der Waals surface area contributed by atoms with Crippen molar-refractivity contribution in [3.63, 3.8) is 0 Å². The number of anilines is 1. The van der Waals surface area contributed by atoms with Crippen LogP contribution >= 0.6 is 23.2 Å². The van der Waals surface area contributed by atoms with Crippen molar-refractivity contribution in [2.45, 2.75) is 12.5 Å². The smallest absolute Gasteiger partial charge is 0.0831 e. The van der Waals surface area contributed by atoms with Gasteiger partial charge >= 0.3 is 0 Å². The number of hydrazone groups is 1. The second kappa shape index (κ2) is 7.01. The molecule has 1 aliphatic heterocycles. The molecule has 0 fully saturated rings. The third kappa shape index (κ3) is 3.07. The first-order valence-electron chi connectivity index (χ1n) is 9.13. The number of nitrogens with zero attached hydrogens (tertiary/aromatic N) is 2. The molecular weight excluding hydrogens is 389 g/mol. The van der Waals surface area contributed by atoms with Crippen LogP contribution in [0.25, 0.3) is 10.9 Å². The predicted molar refractivity (Wildman–Crippen MR) is 118 cm³/mol. The summed E-state index contributed by atoms with van der Waals surface area (Å²) in [6.07, 6.45) is 2.85. The highest BCUT2D eigenvalue weighted by atomic mass is 35.5. The number of benzene rings is 3. The Morgan fingerprint density at radius 1 is 0.893 bits per heavy atom. The Kier molecular flexibility index (Phi) is 4.34. The fourth-order valence-electron chi connectivity index (χ4n) is 3.78. The molecule has 0 radical (unpaired) electrons. The summed E-state index contributed by atoms with van der Waals surface area (Å²) in [6.45, 7) is 0. The summed E-state index contributed by atoms with van der Waals surface area (Å²) in [7, 11) is 0. The summed E-state index contributed by atoms with van der Waals surface area (Å²) in [5, 5.41) is 9.68. The number of para-hydroxylation sites is 1. The van der Waals surface area contributed by atoms with Crippen molar-refractivity contribution in [2.24, 2.45) is 5.10 Å². The normalized spacial score (nSPS) is 16.6. The number of H-pyrrole nitrogens is 1. The SMILES string of the molecule is Clc1ccc(C2CC(c3c[nH]c4ccccc34)=NN2c2cccc(Cl)c2)cc1. The van der Waals surface area contributed by atoms with E-state index in [2.05, 4.69) is 40.3 Å². The molecule has 5 heteroatoms. The van der Waals surface area contributed by atoms with Gasteiger partial charge < -0.3 is 4.98 Å². The van der Waals surface area contributed by atoms with Gasteiger partial charge in [0.25, 0.3) is 0 Å². The monoisotopic (exact) mass is 405 g/mol. The van der Waals surface area contributed by atoms with Crippen molar-refractivity contribution in [3.05, 3.63) is 100 Å². The zero-order chi connectivity index (χ0) is 19.1. The first kappa shape index (κ1) is 17.4. The fraction of sp³-hybridized carbons (Fsp3) is 0.0870. The summed E-state index contributed by atoms with van der Waals surface area (Å²) >= 11 is 12.4. The van der Waals surface area contributed by atoms with Crippen LogP contribution in [-0.2, 0) is 0 Å². The molecule has 0 amide bonds. The molecular formula is C23H17Cl2N3. The van der Waals surface area contributed by atoms with Crippen LogP contribution in [0.3, 0.4) is 0 Å². The summed E-state index contributed by atoms with van der Waals surface area (Å²) in [5.74, 6) is 0. The van der Waals surface area contributed by atoms with E-state index in [4.69, 9.17) is 28.3 Å². The molecule has 3 aromatic carbocycles. The molecule has 0 saturated heterocycles. The molecule has 1 aliphatic rings. The first-order valence-corrected chi connectivity index (χ1v) is 9.89. The zero-order valence-corrected chi connectivity index (χ0v) is 16.5. The van der Waals surface area contributed by atoms with E-state index in [9.17, 15) is 0 Å². The third-order valence-corrected chi connectivity index (χ3v) is 5.63. The summed E-state index contributed by atoms with van der Waals surface area (Å²) in [5.41, 5.74) is 5.45. The molecule has 0 bridgehead atoms. The van der Waals surface area contributed by atoms with Crippen LogP contribution in [0.1, 0.15) is 23.6 Å². The number of hydrogen-bond acceptors (Lipinski definition) is 2. The summed E-state index contributed by atoms with van der Waals surface area (Å²) < 4.78 is 0. The van der Waals surface area contributed by atoms with E-state index < -0.39 is 0 Å². The van der Waals surface area contributed by atoms with E-state index in [1.165, 1.54) is 10.9 Å². The maximum absolute atomic E-state index is 6.25. The fourth-order valence-corrected chi connectivity index (χ4v) is 4.10. The largest absolute Gasteiger partial charge is 0.360 e. The van der Waals surface area contributed by atoms with Crippen LogP contribution in [0.2, 0.25) is 10.0 Å². The molecule has 0 saturated carbocycles. The Labute approximate surface area is 173 Å². The van der Waals surface area contributed by atoms with Gasteiger partial charge in [0.1, 0.15) is 0 Å². The third-order valence-electron chi connectivity index (χ3n) is 5.14. The molecule has 1 aromatic heterocycles. The summed E-state index contributed by atoms with van der Waals surface area (Å²) in [6, 6.07) is 24.2. The number of aromatic nitrogens is 1. The Morgan fingerprint density at radius 3 is 2.54 bits per heavy atom. The minimum atomic E-state index is 0.0828. The van der Waals surface area contributed by atoms with Gasteiger partial charge in [0.05, 0.1) is 17.4 Å². The highest BCUT2D eigenvalue weighted by molar-refractivity contribution is 6.31. The lowest BCUT2D eigenvalue weighted by molar-refractivity contribution is 0.709. The first-order chi connectivity index (χ1) is 13.7. The Hall–Kier alpha value is -2.75. The second-order valence-electron chi connectivity index (χ2n) is 6.89. The van der Waals surface area contributed by atoms with E-state index in [0.29, 0.717) is 5.02 Å². The van der Waals surface area contributed by atoms with Crippen LogP contribution in [-0.4, -0.2) is 10.7 Å². The topological polar surface area (TPSA) is 31.4 Å². The van der Waals surface area contributed by atoms with Gasteiger partial charge in [-0.3, -0.25) is 5.01 Å². The molecule has 1 atom stereocenters. The van der Waals surface area contributed by atoms with Gasteiger partial charge in [-0.05, 0) is 42.0 Å². The zero-order valence-electron chi connectivity index (χ0n) is 14.9. The highest BCUT2D eigenvalue weighted by Gasteiger charge is 2.31. The average Bonchev–Trinajstić information content (AvgIpc) is 3.33. The molecule has 3 nitrogen and oxygen atoms in total. The van der Waals surface area contributed by atoms with Crippen LogP contribution in [0.5, 0.6) is 0 Å². The summed E-state index contributed by atoms with van der Waals surface area (Å²) in [4.78, 5) is 3.35. The molecule has 4 aromatic rings. The van der Waals surface area contributed by atoms with Gasteiger partial charge in [-0.1, -0.05) is 59.6 Å². The lowest BCUT2D eigenvalue weighted by atomic mass is 9.98. The van der Waals surface area contributed by atoms with Crippen molar-refractivity contribution in [2.75, 3.05) is 5.01 Å². The van der Waals surface area contributed by atoms with Crippen LogP contribution in [0, 0.1) is 0 Å². The highest BCUT2D eigenvalue weighted by Crippen LogP contribution is 2.38. The van der Waals surface area contributed by atoms with Gasteiger partial charge in [0, 0.05) is 39.1 Å². The van der Waals surface area contributed by atoms with Gasteiger partial charge in [-0.2, -0.15) is 5.10 Å². The number of halogens is 2. The number of fused-ring (bicyclic) bond motifs is 1. The molecule has 28 heavy (non-hydrogen) atoms. The van der Waals surface area contributed by atoms with Gasteiger partial charge in [0.2, 0.25) is 0 Å². The van der Waals surface area contributed by atoms with Crippen molar-refractivity contribution in [1.82, 2.24) is 4.98 Å². The standard InChI is InChI=1S/C23H17Cl2N3/c24-16-10-8-15(9-11-16)23-13-22(20-14-26-21-7-2-1-6-19(20)21)27-28(23)18-5-3-4-17(25)12-18/h1-12,14,23,26H,13H2. The molecule has 1 N–H and O–H groups in total. The number of hydrogen-bond donors (Lipinski definition) is 1. The van der Waals surface area contributed by atoms with Gasteiger partial charge in [-0.15, -0.1) is 0 Å². The maximum Gasteiger partial charge on any atom is 0.0831 e. The molecule has 2 heterocycles. The van der Waals surface area contributed by atoms with Gasteiger partial charge in [0.15, 0.2) is 0 Å². The molecule has 1 unspecified atom stereocenters. The quantitative estimate of drug-likeness (QED) is 0.397. The van der Waals surface area contributed by atoms with Crippen molar-refractivity contribution in [1.29, 1.82) is 0 Å². The number of nitrogens with one attached hydrogen (secondary N) is 1. The molecule has 5 rings (SSSR count). The van der Waals surface area contributed by atoms with Crippen molar-refractivity contribution < 1.29 is 0 Å². The van der Waals surface area contributed by atoms with E-state index in [0.717, 1.165) is 33.9 Å². The van der Waals surface area contributed by atoms with E-state index in [-0.39, 0.29) is 6.04 Å². The molecule has 0 aliphatic carbocycles. The minimum absolute atomic E-state index is 0.0828. The molecule has 138 valence electrons. The van der Waals surface area contributed by atoms with Gasteiger partial charge in [-0.25, -0.2) is 0 Å². The number of aromatic amines is 1. The minimum Gasteiger partial charge on any atom is -0.360 e. The van der Waals surface area contributed by atoms with E-state index in [1.807, 2.05) is 48.7 Å². The Bertz CT molecular complexity index is 1180. The van der Waals surface area contributed by atoms with Crippen LogP contribution in [0.4, 0.5) is 5.69 Å². The van der Waals surface area contributed by atoms with E-state index >= 15 is 0 Å². The van der Waals surface area contributed by atoms with Crippen molar-refractivity contribution in [3.8, 4) is 0 Å². The van der Waals surface area contributed by atoms with Crippen LogP contribution in [0.15, 0.2) is 84.1 Å². The lowest BCUT2D eigenvalue weighted by Crippen LogP contribution is -2.18. The number of rotatable bonds is 3. The Morgan fingerprint density at radius 2 is 1.71 bits per heavy atom. The van der Waals surface area contributed by atoms with E-state index in [1.54, 1.807) is 0 Å². The van der Waals surface area contributed by atoms with Crippen molar-refractivity contribution >= 4 is 45.5 Å². The lowest BCUT2D eigenvalue weighted by Gasteiger charge is -2.24. The predicted octanol–water partition coefficient (Wildman–Crippen LogP) is 6.83. The Balaban J connectivity index is 1.61. The van der Waals surface area contributed by atoms with Crippen LogP contribution < -0.4 is 5.01 Å². The average molecular weight is 406 g/mol. The second-order valence-corrected chi connectivity index (χ2v) is 7.76. The molecule has 0 spiro atoms.